The molecule has 0 aliphatic carbocycles. The molecule has 0 spiro atoms. The van der Waals surface area contributed by atoms with Gasteiger partial charge in [0, 0.05) is 12.6 Å². The average Bonchev–Trinajstić information content (AvgIpc) is 2.62. The normalized spacial score (nSPS) is 12.6. The van der Waals surface area contributed by atoms with Gasteiger partial charge in [-0.05, 0) is 27.2 Å². The standard InChI is InChI=1S/C11H19N5/c1-6-7-8-9(15(5)14-7)16(10(12)13-8)11(2,3)4/h6H2,1-5H3,(H2,12,13). The summed E-state index contributed by atoms with van der Waals surface area (Å²) in [5.74, 6) is 0.560. The van der Waals surface area contributed by atoms with E-state index < -0.39 is 0 Å². The molecule has 2 rings (SSSR count). The lowest BCUT2D eigenvalue weighted by atomic mass is 10.1. The molecule has 16 heavy (non-hydrogen) atoms. The van der Waals surface area contributed by atoms with Gasteiger partial charge in [-0.3, -0.25) is 9.25 Å². The van der Waals surface area contributed by atoms with Gasteiger partial charge < -0.3 is 5.73 Å². The number of rotatable bonds is 1. The summed E-state index contributed by atoms with van der Waals surface area (Å²) >= 11 is 0. The molecule has 5 nitrogen and oxygen atoms in total. The second-order valence-electron chi connectivity index (χ2n) is 5.07. The molecule has 0 amide bonds. The van der Waals surface area contributed by atoms with Crippen LogP contribution in [0.1, 0.15) is 33.4 Å². The lowest BCUT2D eigenvalue weighted by Gasteiger charge is -2.22. The van der Waals surface area contributed by atoms with Crippen molar-refractivity contribution in [3.05, 3.63) is 5.69 Å². The molecular formula is C11H19N5. The van der Waals surface area contributed by atoms with Crippen molar-refractivity contribution in [3.8, 4) is 0 Å². The molecule has 0 aromatic carbocycles. The molecule has 0 unspecified atom stereocenters. The third kappa shape index (κ3) is 1.38. The summed E-state index contributed by atoms with van der Waals surface area (Å²) in [6.07, 6.45) is 0.873. The minimum Gasteiger partial charge on any atom is -0.369 e. The Balaban J connectivity index is 2.84. The fourth-order valence-electron chi connectivity index (χ4n) is 2.10. The molecule has 2 aromatic rings. The van der Waals surface area contributed by atoms with E-state index in [1.165, 1.54) is 0 Å². The van der Waals surface area contributed by atoms with Crippen LogP contribution in [-0.4, -0.2) is 19.3 Å². The van der Waals surface area contributed by atoms with Crippen LogP contribution in [0.4, 0.5) is 5.95 Å². The molecule has 0 atom stereocenters. The largest absolute Gasteiger partial charge is 0.369 e. The van der Waals surface area contributed by atoms with Gasteiger partial charge in [-0.1, -0.05) is 6.92 Å². The maximum absolute atomic E-state index is 5.99. The molecule has 88 valence electrons. The zero-order chi connectivity index (χ0) is 12.1. The lowest BCUT2D eigenvalue weighted by molar-refractivity contribution is 0.407. The van der Waals surface area contributed by atoms with Crippen LogP contribution in [-0.2, 0) is 19.0 Å². The number of nitrogens with zero attached hydrogens (tertiary/aromatic N) is 4. The number of aromatic nitrogens is 4. The van der Waals surface area contributed by atoms with Gasteiger partial charge in [0.15, 0.2) is 5.65 Å². The summed E-state index contributed by atoms with van der Waals surface area (Å²) in [7, 11) is 1.94. The molecule has 0 radical (unpaired) electrons. The van der Waals surface area contributed by atoms with Gasteiger partial charge in [0.1, 0.15) is 5.52 Å². The van der Waals surface area contributed by atoms with Crippen LogP contribution in [0.25, 0.3) is 11.2 Å². The number of fused-ring (bicyclic) bond motifs is 1. The van der Waals surface area contributed by atoms with Gasteiger partial charge in [0.25, 0.3) is 0 Å². The van der Waals surface area contributed by atoms with Gasteiger partial charge in [-0.25, -0.2) is 4.98 Å². The maximum atomic E-state index is 5.99. The highest BCUT2D eigenvalue weighted by Crippen LogP contribution is 2.27. The summed E-state index contributed by atoms with van der Waals surface area (Å²) in [4.78, 5) is 4.43. The first-order chi connectivity index (χ1) is 7.36. The second kappa shape index (κ2) is 3.23. The van der Waals surface area contributed by atoms with E-state index in [1.54, 1.807) is 0 Å². The fraction of sp³-hybridized carbons (Fsp3) is 0.636. The highest BCUT2D eigenvalue weighted by molar-refractivity contribution is 5.78. The van der Waals surface area contributed by atoms with Crippen molar-refractivity contribution < 1.29 is 0 Å². The Kier molecular flexibility index (Phi) is 2.22. The van der Waals surface area contributed by atoms with Crippen LogP contribution < -0.4 is 5.73 Å². The lowest BCUT2D eigenvalue weighted by Crippen LogP contribution is -2.24. The summed E-state index contributed by atoms with van der Waals surface area (Å²) in [6, 6.07) is 0. The first-order valence-corrected chi connectivity index (χ1v) is 5.56. The monoisotopic (exact) mass is 221 g/mol. The topological polar surface area (TPSA) is 61.7 Å². The predicted molar refractivity (Wildman–Crippen MR) is 65.3 cm³/mol. The Morgan fingerprint density at radius 2 is 1.94 bits per heavy atom. The molecule has 0 aliphatic rings. The number of aryl methyl sites for hydroxylation is 2. The molecular weight excluding hydrogens is 202 g/mol. The minimum atomic E-state index is -0.0857. The molecule has 0 fully saturated rings. The molecule has 2 N–H and O–H groups in total. The van der Waals surface area contributed by atoms with E-state index in [0.29, 0.717) is 5.95 Å². The quantitative estimate of drug-likeness (QED) is 0.796. The number of anilines is 1. The van der Waals surface area contributed by atoms with Gasteiger partial charge in [-0.15, -0.1) is 0 Å². The molecule has 2 heterocycles. The van der Waals surface area contributed by atoms with Crippen molar-refractivity contribution in [2.24, 2.45) is 7.05 Å². The first-order valence-electron chi connectivity index (χ1n) is 5.56. The van der Waals surface area contributed by atoms with Crippen molar-refractivity contribution in [2.75, 3.05) is 5.73 Å². The number of nitrogens with two attached hydrogens (primary N) is 1. The van der Waals surface area contributed by atoms with E-state index in [4.69, 9.17) is 5.73 Å². The highest BCUT2D eigenvalue weighted by Gasteiger charge is 2.24. The number of nitrogen functional groups attached to an aromatic ring is 1. The molecule has 0 bridgehead atoms. The van der Waals surface area contributed by atoms with E-state index in [2.05, 4.69) is 37.8 Å². The van der Waals surface area contributed by atoms with Crippen LogP contribution in [0.5, 0.6) is 0 Å². The number of hydrogen-bond acceptors (Lipinski definition) is 3. The smallest absolute Gasteiger partial charge is 0.203 e. The van der Waals surface area contributed by atoms with Crippen LogP contribution in [0.3, 0.4) is 0 Å². The minimum absolute atomic E-state index is 0.0857. The first kappa shape index (κ1) is 11.0. The van der Waals surface area contributed by atoms with E-state index in [1.807, 2.05) is 16.3 Å². The summed E-state index contributed by atoms with van der Waals surface area (Å²) in [5.41, 5.74) is 8.84. The van der Waals surface area contributed by atoms with Crippen molar-refractivity contribution in [2.45, 2.75) is 39.7 Å². The summed E-state index contributed by atoms with van der Waals surface area (Å²) in [6.45, 7) is 8.42. The summed E-state index contributed by atoms with van der Waals surface area (Å²) in [5, 5.41) is 4.46. The van der Waals surface area contributed by atoms with Crippen molar-refractivity contribution in [1.82, 2.24) is 19.3 Å². The van der Waals surface area contributed by atoms with Crippen molar-refractivity contribution in [3.63, 3.8) is 0 Å². The second-order valence-corrected chi connectivity index (χ2v) is 5.07. The predicted octanol–water partition coefficient (Wildman–Crippen LogP) is 1.67. The van der Waals surface area contributed by atoms with Crippen molar-refractivity contribution >= 4 is 17.1 Å². The Morgan fingerprint density at radius 3 is 2.44 bits per heavy atom. The molecule has 0 aliphatic heterocycles. The summed E-state index contributed by atoms with van der Waals surface area (Å²) < 4.78 is 3.90. The van der Waals surface area contributed by atoms with Crippen LogP contribution in [0, 0.1) is 0 Å². The SMILES string of the molecule is CCc1nn(C)c2c1nc(N)n2C(C)(C)C. The fourth-order valence-corrected chi connectivity index (χ4v) is 2.10. The molecule has 2 aromatic heterocycles. The van der Waals surface area contributed by atoms with Crippen LogP contribution >= 0.6 is 0 Å². The van der Waals surface area contributed by atoms with Crippen molar-refractivity contribution in [1.29, 1.82) is 0 Å². The Morgan fingerprint density at radius 1 is 1.31 bits per heavy atom. The third-order valence-electron chi connectivity index (χ3n) is 2.74. The van der Waals surface area contributed by atoms with E-state index in [0.717, 1.165) is 23.3 Å². The number of hydrogen-bond donors (Lipinski definition) is 1. The Bertz CT molecular complexity index is 527. The van der Waals surface area contributed by atoms with Gasteiger partial charge in [-0.2, -0.15) is 5.10 Å². The van der Waals surface area contributed by atoms with E-state index in [9.17, 15) is 0 Å². The maximum Gasteiger partial charge on any atom is 0.203 e. The highest BCUT2D eigenvalue weighted by atomic mass is 15.4. The van der Waals surface area contributed by atoms with Gasteiger partial charge in [0.2, 0.25) is 5.95 Å². The van der Waals surface area contributed by atoms with Crippen LogP contribution in [0.15, 0.2) is 0 Å². The zero-order valence-corrected chi connectivity index (χ0v) is 10.6. The van der Waals surface area contributed by atoms with Gasteiger partial charge >= 0.3 is 0 Å². The number of imidazole rings is 1. The Labute approximate surface area is 95.3 Å². The zero-order valence-electron chi connectivity index (χ0n) is 10.6. The Hall–Kier alpha value is -1.52. The average molecular weight is 221 g/mol. The van der Waals surface area contributed by atoms with Gasteiger partial charge in [0.05, 0.1) is 5.69 Å². The third-order valence-corrected chi connectivity index (χ3v) is 2.74. The van der Waals surface area contributed by atoms with E-state index in [-0.39, 0.29) is 5.54 Å². The van der Waals surface area contributed by atoms with E-state index >= 15 is 0 Å². The molecule has 0 saturated heterocycles. The molecule has 0 saturated carbocycles. The van der Waals surface area contributed by atoms with Crippen LogP contribution in [0.2, 0.25) is 0 Å². The molecule has 5 heteroatoms.